The lowest BCUT2D eigenvalue weighted by atomic mass is 10.1. The van der Waals surface area contributed by atoms with E-state index in [0.717, 1.165) is 5.56 Å². The molecule has 0 spiro atoms. The first-order valence-corrected chi connectivity index (χ1v) is 8.94. The Bertz CT molecular complexity index is 929. The third-order valence-electron chi connectivity index (χ3n) is 4.00. The zero-order chi connectivity index (χ0) is 19.8. The predicted octanol–water partition coefficient (Wildman–Crippen LogP) is 4.32. The first-order chi connectivity index (χ1) is 13.7. The maximum Gasteiger partial charge on any atom is 0.259 e. The topological polar surface area (TPSA) is 69.7 Å². The van der Waals surface area contributed by atoms with Crippen LogP contribution in [0.3, 0.4) is 0 Å². The molecule has 0 unspecified atom stereocenters. The molecule has 3 rings (SSSR count). The molecular weight excluding hydrogens is 356 g/mol. The molecule has 28 heavy (non-hydrogen) atoms. The molecule has 1 amide bonds. The van der Waals surface area contributed by atoms with Crippen molar-refractivity contribution < 1.29 is 19.0 Å². The van der Waals surface area contributed by atoms with E-state index in [0.29, 0.717) is 41.7 Å². The van der Waals surface area contributed by atoms with Crippen molar-refractivity contribution in [2.75, 3.05) is 19.0 Å². The smallest absolute Gasteiger partial charge is 0.259 e. The second-order valence-electron chi connectivity index (χ2n) is 5.89. The number of benzene rings is 2. The van der Waals surface area contributed by atoms with Crippen LogP contribution in [0.2, 0.25) is 0 Å². The molecule has 6 nitrogen and oxygen atoms in total. The van der Waals surface area contributed by atoms with E-state index in [2.05, 4.69) is 10.3 Å². The highest BCUT2D eigenvalue weighted by molar-refractivity contribution is 6.06. The number of methoxy groups -OCH3 is 1. The fourth-order valence-electron chi connectivity index (χ4n) is 2.64. The number of ether oxygens (including phenoxy) is 3. The SMILES string of the molecule is CCOc1ccc(NC(=O)c2ccccc2OCc2ccncc2)cc1OC. The number of hydrogen-bond acceptors (Lipinski definition) is 5. The van der Waals surface area contributed by atoms with Gasteiger partial charge in [0.1, 0.15) is 12.4 Å². The van der Waals surface area contributed by atoms with Gasteiger partial charge in [0.2, 0.25) is 0 Å². The molecule has 0 bridgehead atoms. The maximum atomic E-state index is 12.8. The number of hydrogen-bond donors (Lipinski definition) is 1. The van der Waals surface area contributed by atoms with E-state index in [-0.39, 0.29) is 5.91 Å². The van der Waals surface area contributed by atoms with Gasteiger partial charge in [0.15, 0.2) is 11.5 Å². The number of pyridine rings is 1. The highest BCUT2D eigenvalue weighted by Gasteiger charge is 2.14. The molecule has 0 saturated heterocycles. The molecule has 0 aliphatic rings. The van der Waals surface area contributed by atoms with Crippen molar-refractivity contribution in [3.8, 4) is 17.2 Å². The summed E-state index contributed by atoms with van der Waals surface area (Å²) in [5.41, 5.74) is 2.03. The quantitative estimate of drug-likeness (QED) is 0.632. The van der Waals surface area contributed by atoms with Gasteiger partial charge < -0.3 is 19.5 Å². The van der Waals surface area contributed by atoms with Crippen LogP contribution in [0.4, 0.5) is 5.69 Å². The number of carbonyl (C=O) groups excluding carboxylic acids is 1. The van der Waals surface area contributed by atoms with Crippen molar-refractivity contribution >= 4 is 11.6 Å². The van der Waals surface area contributed by atoms with Crippen LogP contribution in [0.5, 0.6) is 17.2 Å². The van der Waals surface area contributed by atoms with E-state index in [1.807, 2.05) is 25.1 Å². The minimum atomic E-state index is -0.267. The Morgan fingerprint density at radius 1 is 0.964 bits per heavy atom. The van der Waals surface area contributed by atoms with Gasteiger partial charge in [0.25, 0.3) is 5.91 Å². The van der Waals surface area contributed by atoms with Crippen molar-refractivity contribution in [2.45, 2.75) is 13.5 Å². The molecule has 1 heterocycles. The van der Waals surface area contributed by atoms with Crippen molar-refractivity contribution in [3.63, 3.8) is 0 Å². The van der Waals surface area contributed by atoms with Crippen LogP contribution in [-0.4, -0.2) is 24.6 Å². The Kier molecular flexibility index (Phi) is 6.46. The van der Waals surface area contributed by atoms with Gasteiger partial charge >= 0.3 is 0 Å². The average molecular weight is 378 g/mol. The normalized spacial score (nSPS) is 10.2. The number of amides is 1. The van der Waals surface area contributed by atoms with Crippen LogP contribution >= 0.6 is 0 Å². The number of carbonyl (C=O) groups is 1. The molecule has 0 aliphatic heterocycles. The monoisotopic (exact) mass is 378 g/mol. The van der Waals surface area contributed by atoms with E-state index in [9.17, 15) is 4.79 Å². The Morgan fingerprint density at radius 3 is 2.50 bits per heavy atom. The number of anilines is 1. The third-order valence-corrected chi connectivity index (χ3v) is 4.00. The second kappa shape index (κ2) is 9.41. The molecule has 0 fully saturated rings. The van der Waals surface area contributed by atoms with Gasteiger partial charge in [-0.05, 0) is 48.9 Å². The highest BCUT2D eigenvalue weighted by Crippen LogP contribution is 2.30. The predicted molar refractivity (Wildman–Crippen MR) is 107 cm³/mol. The van der Waals surface area contributed by atoms with Crippen LogP contribution in [0.25, 0.3) is 0 Å². The Balaban J connectivity index is 1.74. The molecule has 0 aliphatic carbocycles. The number of aromatic nitrogens is 1. The number of nitrogens with one attached hydrogen (secondary N) is 1. The minimum absolute atomic E-state index is 0.267. The van der Waals surface area contributed by atoms with Crippen molar-refractivity contribution in [3.05, 3.63) is 78.1 Å². The summed E-state index contributed by atoms with van der Waals surface area (Å²) in [4.78, 5) is 16.8. The third kappa shape index (κ3) is 4.79. The summed E-state index contributed by atoms with van der Waals surface area (Å²) in [5, 5.41) is 2.88. The summed E-state index contributed by atoms with van der Waals surface area (Å²) in [5.74, 6) is 1.43. The van der Waals surface area contributed by atoms with Crippen LogP contribution in [0.1, 0.15) is 22.8 Å². The fraction of sp³-hybridized carbons (Fsp3) is 0.182. The number of para-hydroxylation sites is 1. The number of rotatable bonds is 8. The van der Waals surface area contributed by atoms with Gasteiger partial charge in [0.05, 0.1) is 19.3 Å². The Morgan fingerprint density at radius 2 is 1.75 bits per heavy atom. The largest absolute Gasteiger partial charge is 0.493 e. The second-order valence-corrected chi connectivity index (χ2v) is 5.89. The summed E-state index contributed by atoms with van der Waals surface area (Å²) < 4.78 is 16.7. The van der Waals surface area contributed by atoms with E-state index < -0.39 is 0 Å². The highest BCUT2D eigenvalue weighted by atomic mass is 16.5. The Hall–Kier alpha value is -3.54. The molecule has 0 saturated carbocycles. The summed E-state index contributed by atoms with van der Waals surface area (Å²) in [6, 6.07) is 16.1. The van der Waals surface area contributed by atoms with Gasteiger partial charge in [0, 0.05) is 24.1 Å². The average Bonchev–Trinajstić information content (AvgIpc) is 2.74. The van der Waals surface area contributed by atoms with Crippen molar-refractivity contribution in [1.82, 2.24) is 4.98 Å². The van der Waals surface area contributed by atoms with Crippen LogP contribution in [-0.2, 0) is 6.61 Å². The first-order valence-electron chi connectivity index (χ1n) is 8.94. The van der Waals surface area contributed by atoms with E-state index in [1.54, 1.807) is 55.9 Å². The zero-order valence-electron chi connectivity index (χ0n) is 15.8. The van der Waals surface area contributed by atoms with Crippen molar-refractivity contribution in [1.29, 1.82) is 0 Å². The standard InChI is InChI=1S/C22H22N2O4/c1-3-27-20-9-8-17(14-21(20)26-2)24-22(25)18-6-4-5-7-19(18)28-15-16-10-12-23-13-11-16/h4-14H,3,15H2,1-2H3,(H,24,25). The molecule has 1 aromatic heterocycles. The lowest BCUT2D eigenvalue weighted by molar-refractivity contribution is 0.102. The summed E-state index contributed by atoms with van der Waals surface area (Å²) in [6.07, 6.45) is 3.41. The van der Waals surface area contributed by atoms with Crippen molar-refractivity contribution in [2.24, 2.45) is 0 Å². The van der Waals surface area contributed by atoms with Gasteiger partial charge in [-0.3, -0.25) is 9.78 Å². The molecule has 6 heteroatoms. The molecular formula is C22H22N2O4. The van der Waals surface area contributed by atoms with E-state index >= 15 is 0 Å². The van der Waals surface area contributed by atoms with Gasteiger partial charge in [-0.25, -0.2) is 0 Å². The van der Waals surface area contributed by atoms with Gasteiger partial charge in [-0.15, -0.1) is 0 Å². The van der Waals surface area contributed by atoms with Crippen LogP contribution in [0.15, 0.2) is 67.0 Å². The molecule has 144 valence electrons. The first kappa shape index (κ1) is 19.2. The maximum absolute atomic E-state index is 12.8. The summed E-state index contributed by atoms with van der Waals surface area (Å²) in [6.45, 7) is 2.78. The Labute approximate surface area is 164 Å². The van der Waals surface area contributed by atoms with Gasteiger partial charge in [-0.2, -0.15) is 0 Å². The van der Waals surface area contributed by atoms with Crippen LogP contribution < -0.4 is 19.5 Å². The molecule has 0 radical (unpaired) electrons. The zero-order valence-corrected chi connectivity index (χ0v) is 15.8. The molecule has 1 N–H and O–H groups in total. The lowest BCUT2D eigenvalue weighted by Crippen LogP contribution is -2.14. The lowest BCUT2D eigenvalue weighted by Gasteiger charge is -2.14. The van der Waals surface area contributed by atoms with Gasteiger partial charge in [-0.1, -0.05) is 12.1 Å². The van der Waals surface area contributed by atoms with E-state index in [4.69, 9.17) is 14.2 Å². The number of nitrogens with zero attached hydrogens (tertiary/aromatic N) is 1. The molecule has 3 aromatic rings. The summed E-state index contributed by atoms with van der Waals surface area (Å²) in [7, 11) is 1.56. The van der Waals surface area contributed by atoms with Crippen LogP contribution in [0, 0.1) is 0 Å². The van der Waals surface area contributed by atoms with E-state index in [1.165, 1.54) is 0 Å². The molecule has 2 aromatic carbocycles. The minimum Gasteiger partial charge on any atom is -0.493 e. The summed E-state index contributed by atoms with van der Waals surface area (Å²) >= 11 is 0. The molecule has 0 atom stereocenters. The fourth-order valence-corrected chi connectivity index (χ4v) is 2.64.